The molecule has 80 valence electrons. The molecule has 10 nitrogen and oxygen atoms in total. The van der Waals surface area contributed by atoms with Crippen molar-refractivity contribution in [2.45, 2.75) is 0 Å². The van der Waals surface area contributed by atoms with E-state index in [1.165, 1.54) is 0 Å². The second-order valence-electron chi connectivity index (χ2n) is 1.54. The fourth-order valence-corrected chi connectivity index (χ4v) is 3.99. The van der Waals surface area contributed by atoms with E-state index in [4.69, 9.17) is 4.80 Å². The molecule has 0 heterocycles. The molecule has 0 radical (unpaired) electrons. The summed E-state index contributed by atoms with van der Waals surface area (Å²) in [5.41, 5.74) is 0. The fraction of sp³-hybridized carbons (Fsp3) is 0. The van der Waals surface area contributed by atoms with Crippen molar-refractivity contribution in [3.63, 3.8) is 0 Å². The van der Waals surface area contributed by atoms with Gasteiger partial charge in [-0.05, 0) is 0 Å². The molecule has 1 N–H and O–H groups in total. The maximum atomic E-state index is 10.7. The molecule has 0 aromatic carbocycles. The molecule has 15 heteroatoms. The van der Waals surface area contributed by atoms with E-state index in [1.807, 2.05) is 0 Å². The van der Waals surface area contributed by atoms with Crippen LogP contribution in [0.3, 0.4) is 0 Å². The van der Waals surface area contributed by atoms with Crippen molar-refractivity contribution >= 4 is 52.2 Å². The molecule has 0 aliphatic rings. The average Bonchev–Trinajstić information content (AvgIpc) is 2.00. The number of hydrogen-bond donors (Lipinski definition) is 1. The van der Waals surface area contributed by atoms with Crippen molar-refractivity contribution in [3.05, 3.63) is 0 Å². The third-order valence-corrected chi connectivity index (χ3v) is 5.83. The summed E-state index contributed by atoms with van der Waals surface area (Å²) in [6, 6.07) is 0. The molecule has 0 aromatic rings. The van der Waals surface area contributed by atoms with Gasteiger partial charge in [0.05, 0.1) is 0 Å². The van der Waals surface area contributed by atoms with Gasteiger partial charge in [-0.25, -0.2) is 0 Å². The third-order valence-electron chi connectivity index (χ3n) is 0.648. The van der Waals surface area contributed by atoms with Crippen LogP contribution >= 0.6 is 0 Å². The summed E-state index contributed by atoms with van der Waals surface area (Å²) in [5, 5.41) is 0. The molecule has 0 aliphatic heterocycles. The minimum absolute atomic E-state index is 1.80. The Balaban J connectivity index is 3.93. The molecular formula is HAlO10Si4. The third kappa shape index (κ3) is 8.40. The Morgan fingerprint density at radius 2 is 1.33 bits per heavy atom. The molecule has 15 heavy (non-hydrogen) atoms. The van der Waals surface area contributed by atoms with Crippen LogP contribution in [0.25, 0.3) is 0 Å². The first-order valence-corrected chi connectivity index (χ1v) is 8.82. The number of hydrogen-bond acceptors (Lipinski definition) is 9. The summed E-state index contributed by atoms with van der Waals surface area (Å²) in [6.07, 6.45) is 0. The predicted molar refractivity (Wildman–Crippen MR) is 38.8 cm³/mol. The zero-order valence-corrected chi connectivity index (χ0v) is 11.9. The van der Waals surface area contributed by atoms with Crippen molar-refractivity contribution in [1.29, 1.82) is 0 Å². The second kappa shape index (κ2) is 7.66. The van der Waals surface area contributed by atoms with Gasteiger partial charge in [0.25, 0.3) is 0 Å². The van der Waals surface area contributed by atoms with Crippen LogP contribution in [0.4, 0.5) is 0 Å². The molecule has 0 aliphatic carbocycles. The Bertz CT molecular complexity index is 307. The SMILES string of the molecule is [O]=[Al][O][Si](=O)O[Si](=O)O[Si](=O)O[Si](=O)O. The van der Waals surface area contributed by atoms with Gasteiger partial charge in [-0.1, -0.05) is 0 Å². The topological polar surface area (TPSA) is 143 Å². The van der Waals surface area contributed by atoms with Crippen LogP contribution in [0.15, 0.2) is 0 Å². The van der Waals surface area contributed by atoms with Gasteiger partial charge in [0.2, 0.25) is 0 Å². The van der Waals surface area contributed by atoms with Crippen molar-refractivity contribution < 1.29 is 42.3 Å². The van der Waals surface area contributed by atoms with E-state index in [0.717, 1.165) is 0 Å². The minimum atomic E-state index is -3.48. The zero-order chi connectivity index (χ0) is 11.8. The molecule has 0 amide bonds. The molecule has 0 rings (SSSR count). The van der Waals surface area contributed by atoms with Crippen molar-refractivity contribution in [2.24, 2.45) is 0 Å². The molecule has 0 unspecified atom stereocenters. The van der Waals surface area contributed by atoms with E-state index in [9.17, 15) is 21.7 Å². The summed E-state index contributed by atoms with van der Waals surface area (Å²) in [5.74, 6) is 0. The zero-order valence-electron chi connectivity index (χ0n) is 6.70. The standard InChI is InChI=1S/Al.HO9Si4.O/c;1-10(2)7-12(5)9-13(6)8-11(3)4;/h;1H;/q+1;-1;. The van der Waals surface area contributed by atoms with E-state index in [0.29, 0.717) is 0 Å². The van der Waals surface area contributed by atoms with Crippen molar-refractivity contribution in [1.82, 2.24) is 0 Å². The summed E-state index contributed by atoms with van der Waals surface area (Å²) >= 11 is -1.80. The summed E-state index contributed by atoms with van der Waals surface area (Å²) in [7, 11) is -13.6. The first-order chi connectivity index (χ1) is 6.95. The Kier molecular flexibility index (Phi) is 7.35. The van der Waals surface area contributed by atoms with Gasteiger partial charge in [-0.3, -0.25) is 0 Å². The normalized spacial score (nSPS) is 8.00. The van der Waals surface area contributed by atoms with Gasteiger partial charge < -0.3 is 0 Å². The van der Waals surface area contributed by atoms with Crippen LogP contribution in [0.5, 0.6) is 0 Å². The maximum absolute atomic E-state index is 10.7. The molecule has 0 atom stereocenters. The van der Waals surface area contributed by atoms with Gasteiger partial charge in [-0.2, -0.15) is 0 Å². The Hall–Kier alpha value is -0.600. The Morgan fingerprint density at radius 1 is 0.867 bits per heavy atom. The Morgan fingerprint density at radius 3 is 1.80 bits per heavy atom. The molecular weight excluding hydrogens is 299 g/mol. The van der Waals surface area contributed by atoms with E-state index >= 15 is 0 Å². The number of rotatable bonds is 8. The van der Waals surface area contributed by atoms with Crippen LogP contribution < -0.4 is 0 Å². The summed E-state index contributed by atoms with van der Waals surface area (Å²) < 4.78 is 67.2. The molecule has 0 spiro atoms. The fourth-order valence-electron chi connectivity index (χ4n) is 0.312. The van der Waals surface area contributed by atoms with Crippen LogP contribution in [0.1, 0.15) is 0 Å². The summed E-state index contributed by atoms with van der Waals surface area (Å²) in [4.78, 5) is 8.12. The first-order valence-electron chi connectivity index (χ1n) is 2.94. The van der Waals surface area contributed by atoms with Gasteiger partial charge in [-0.15, -0.1) is 0 Å². The predicted octanol–water partition coefficient (Wildman–Crippen LogP) is -3.33. The van der Waals surface area contributed by atoms with Crippen LogP contribution in [0.2, 0.25) is 0 Å². The molecule has 0 aromatic heterocycles. The molecule has 0 saturated carbocycles. The van der Waals surface area contributed by atoms with E-state index in [-0.39, 0.29) is 0 Å². The van der Waals surface area contributed by atoms with Gasteiger partial charge in [0.15, 0.2) is 0 Å². The Labute approximate surface area is 94.6 Å². The first kappa shape index (κ1) is 14.4. The van der Waals surface area contributed by atoms with Crippen molar-refractivity contribution in [3.8, 4) is 0 Å². The van der Waals surface area contributed by atoms with Crippen molar-refractivity contribution in [2.75, 3.05) is 0 Å². The quantitative estimate of drug-likeness (QED) is 0.452. The van der Waals surface area contributed by atoms with Gasteiger partial charge in [0, 0.05) is 0 Å². The van der Waals surface area contributed by atoms with Crippen LogP contribution in [0, 0.1) is 0 Å². The van der Waals surface area contributed by atoms with Crippen LogP contribution in [-0.4, -0.2) is 57.0 Å². The van der Waals surface area contributed by atoms with Crippen LogP contribution in [-0.2, 0) is 37.5 Å². The van der Waals surface area contributed by atoms with Gasteiger partial charge >= 0.3 is 94.4 Å². The molecule has 0 fully saturated rings. The second-order valence-corrected chi connectivity index (χ2v) is 7.15. The van der Waals surface area contributed by atoms with E-state index < -0.39 is 52.2 Å². The average molecular weight is 300 g/mol. The van der Waals surface area contributed by atoms with E-state index in [1.54, 1.807) is 0 Å². The van der Waals surface area contributed by atoms with Gasteiger partial charge in [0.1, 0.15) is 0 Å². The monoisotopic (exact) mass is 300 g/mol. The molecule has 0 saturated heterocycles. The summed E-state index contributed by atoms with van der Waals surface area (Å²) in [6.45, 7) is 0. The van der Waals surface area contributed by atoms with E-state index in [2.05, 4.69) is 15.8 Å². The molecule has 0 bridgehead atoms.